The number of rotatable bonds is 11. The summed E-state index contributed by atoms with van der Waals surface area (Å²) in [6.07, 6.45) is 6.00. The van der Waals surface area contributed by atoms with Gasteiger partial charge in [-0.15, -0.1) is 0 Å². The predicted octanol–water partition coefficient (Wildman–Crippen LogP) is 4.99. The smallest absolute Gasteiger partial charge is 0.326 e. The number of aromatic hydroxyl groups is 2. The molecule has 0 fully saturated rings. The van der Waals surface area contributed by atoms with Crippen molar-refractivity contribution in [3.63, 3.8) is 0 Å². The first-order valence-corrected chi connectivity index (χ1v) is 12.0. The van der Waals surface area contributed by atoms with E-state index in [9.17, 15) is 24.9 Å². The molecule has 1 aromatic heterocycles. The zero-order valence-corrected chi connectivity index (χ0v) is 20.9. The van der Waals surface area contributed by atoms with Crippen LogP contribution >= 0.6 is 0 Å². The second-order valence-corrected chi connectivity index (χ2v) is 9.07. The van der Waals surface area contributed by atoms with E-state index in [1.807, 2.05) is 32.0 Å². The Morgan fingerprint density at radius 2 is 1.94 bits per heavy atom. The first kappa shape index (κ1) is 26.5. The number of carbonyl (C=O) groups is 2. The van der Waals surface area contributed by atoms with Crippen molar-refractivity contribution in [2.75, 3.05) is 0 Å². The van der Waals surface area contributed by atoms with Gasteiger partial charge in [0.2, 0.25) is 0 Å². The maximum Gasteiger partial charge on any atom is 0.326 e. The number of hydrogen-bond acceptors (Lipinski definition) is 5. The maximum atomic E-state index is 13.5. The number of hydrogen-bond donors (Lipinski definition) is 5. The molecular weight excluding hydrogens is 458 g/mol. The number of benzene rings is 2. The number of nitrogens with one attached hydrogen (secondary N) is 2. The summed E-state index contributed by atoms with van der Waals surface area (Å²) in [5.41, 5.74) is 3.89. The third-order valence-corrected chi connectivity index (χ3v) is 6.11. The average Bonchev–Trinajstić information content (AvgIpc) is 3.31. The largest absolute Gasteiger partial charge is 0.507 e. The van der Waals surface area contributed by atoms with Crippen LogP contribution in [0, 0.1) is 6.92 Å². The number of aromatic nitrogens is 2. The maximum absolute atomic E-state index is 13.5. The molecule has 0 saturated carbocycles. The fourth-order valence-electron chi connectivity index (χ4n) is 4.27. The number of amides is 1. The number of phenolic OH excluding ortho intramolecular Hbond substituents is 2. The third kappa shape index (κ3) is 5.94. The lowest BCUT2D eigenvalue weighted by molar-refractivity contribution is -0.139. The standard InChI is InChI=1S/C28H33N3O5/c1-5-6-7-8-18-12-23(32)25(21-11-17(4)9-10-20(21)16(2)3)26(33)24(18)27(34)31-22(28(35)36)13-19-14-29-15-30-19/h9-12,14-15,22,32-33H,2,5-8,13H2,1,3-4H3,(H,29,30)(H,31,34)(H,35,36)/t22-/m0/s1. The van der Waals surface area contributed by atoms with E-state index in [4.69, 9.17) is 0 Å². The number of carboxylic acids is 1. The number of carboxylic acid groups (broad SMARTS) is 1. The lowest BCUT2D eigenvalue weighted by Crippen LogP contribution is -2.42. The van der Waals surface area contributed by atoms with E-state index in [0.717, 1.165) is 36.0 Å². The van der Waals surface area contributed by atoms with E-state index < -0.39 is 23.7 Å². The Morgan fingerprint density at radius 1 is 1.19 bits per heavy atom. The highest BCUT2D eigenvalue weighted by atomic mass is 16.4. The van der Waals surface area contributed by atoms with Crippen molar-refractivity contribution >= 4 is 17.4 Å². The Labute approximate surface area is 210 Å². The van der Waals surface area contributed by atoms with Crippen molar-refractivity contribution in [3.8, 4) is 22.6 Å². The number of aromatic amines is 1. The van der Waals surface area contributed by atoms with Crippen molar-refractivity contribution in [1.29, 1.82) is 0 Å². The molecule has 190 valence electrons. The summed E-state index contributed by atoms with van der Waals surface area (Å²) in [7, 11) is 0. The van der Waals surface area contributed by atoms with E-state index in [0.29, 0.717) is 23.2 Å². The number of imidazole rings is 1. The van der Waals surface area contributed by atoms with Crippen molar-refractivity contribution in [3.05, 3.63) is 71.3 Å². The molecular formula is C28H33N3O5. The molecule has 0 aliphatic rings. The summed E-state index contributed by atoms with van der Waals surface area (Å²) in [5.74, 6) is -2.50. The van der Waals surface area contributed by atoms with Gasteiger partial charge in [-0.05, 0) is 49.4 Å². The number of nitrogens with zero attached hydrogens (tertiary/aromatic N) is 1. The highest BCUT2D eigenvalue weighted by Crippen LogP contribution is 2.44. The van der Waals surface area contributed by atoms with E-state index in [2.05, 4.69) is 28.8 Å². The van der Waals surface area contributed by atoms with Crippen molar-refractivity contribution in [2.24, 2.45) is 0 Å². The molecule has 1 atom stereocenters. The van der Waals surface area contributed by atoms with Gasteiger partial charge in [0.05, 0.1) is 23.1 Å². The number of H-pyrrole nitrogens is 1. The van der Waals surface area contributed by atoms with Crippen LogP contribution in [0.2, 0.25) is 0 Å². The number of phenols is 2. The van der Waals surface area contributed by atoms with Gasteiger partial charge in [0.1, 0.15) is 17.5 Å². The highest BCUT2D eigenvalue weighted by Gasteiger charge is 2.28. The Hall–Kier alpha value is -4.07. The van der Waals surface area contributed by atoms with Crippen LogP contribution in [0.1, 0.15) is 65.9 Å². The predicted molar refractivity (Wildman–Crippen MR) is 139 cm³/mol. The Bertz CT molecular complexity index is 1260. The van der Waals surface area contributed by atoms with Gasteiger partial charge >= 0.3 is 5.97 Å². The van der Waals surface area contributed by atoms with Gasteiger partial charge in [0.25, 0.3) is 5.91 Å². The molecule has 8 nitrogen and oxygen atoms in total. The summed E-state index contributed by atoms with van der Waals surface area (Å²) in [6, 6.07) is 5.81. The van der Waals surface area contributed by atoms with Crippen LogP contribution in [0.5, 0.6) is 11.5 Å². The Morgan fingerprint density at radius 3 is 2.56 bits per heavy atom. The third-order valence-electron chi connectivity index (χ3n) is 6.11. The summed E-state index contributed by atoms with van der Waals surface area (Å²) >= 11 is 0. The molecule has 1 amide bonds. The number of aryl methyl sites for hydroxylation is 2. The first-order valence-electron chi connectivity index (χ1n) is 12.0. The molecule has 0 saturated heterocycles. The van der Waals surface area contributed by atoms with Gasteiger partial charge in [0.15, 0.2) is 0 Å². The molecule has 2 aromatic carbocycles. The van der Waals surface area contributed by atoms with E-state index >= 15 is 0 Å². The zero-order valence-electron chi connectivity index (χ0n) is 20.9. The lowest BCUT2D eigenvalue weighted by atomic mass is 9.88. The number of carbonyl (C=O) groups excluding carboxylic acids is 1. The van der Waals surface area contributed by atoms with Crippen LogP contribution in [0.3, 0.4) is 0 Å². The van der Waals surface area contributed by atoms with E-state index in [-0.39, 0.29) is 23.3 Å². The monoisotopic (exact) mass is 491 g/mol. The van der Waals surface area contributed by atoms with Gasteiger partial charge in [-0.2, -0.15) is 0 Å². The molecule has 0 spiro atoms. The topological polar surface area (TPSA) is 136 Å². The van der Waals surface area contributed by atoms with Gasteiger partial charge in [-0.3, -0.25) is 4.79 Å². The zero-order chi connectivity index (χ0) is 26.4. The highest BCUT2D eigenvalue weighted by molar-refractivity contribution is 6.04. The number of allylic oxidation sites excluding steroid dienone is 1. The van der Waals surface area contributed by atoms with Crippen LogP contribution < -0.4 is 5.32 Å². The van der Waals surface area contributed by atoms with Crippen LogP contribution in [-0.2, 0) is 17.6 Å². The average molecular weight is 492 g/mol. The van der Waals surface area contributed by atoms with Crippen molar-refractivity contribution < 1.29 is 24.9 Å². The van der Waals surface area contributed by atoms with Gasteiger partial charge < -0.3 is 25.6 Å². The number of unbranched alkanes of at least 4 members (excludes halogenated alkanes) is 2. The first-order chi connectivity index (χ1) is 17.1. The van der Waals surface area contributed by atoms with Gasteiger partial charge in [0, 0.05) is 12.6 Å². The normalized spacial score (nSPS) is 11.8. The van der Waals surface area contributed by atoms with Gasteiger partial charge in [-0.25, -0.2) is 9.78 Å². The van der Waals surface area contributed by atoms with Crippen LogP contribution in [0.4, 0.5) is 0 Å². The number of aliphatic carboxylic acids is 1. The summed E-state index contributed by atoms with van der Waals surface area (Å²) in [4.78, 5) is 32.2. The van der Waals surface area contributed by atoms with Crippen LogP contribution in [-0.4, -0.2) is 43.2 Å². The van der Waals surface area contributed by atoms with Crippen LogP contribution in [0.25, 0.3) is 16.7 Å². The van der Waals surface area contributed by atoms with Crippen molar-refractivity contribution in [1.82, 2.24) is 15.3 Å². The minimum absolute atomic E-state index is 0.0286. The second kappa shape index (κ2) is 11.6. The minimum atomic E-state index is -1.26. The molecule has 3 aromatic rings. The SMILES string of the molecule is C=C(C)c1ccc(C)cc1-c1c(O)cc(CCCCC)c(C(=O)N[C@@H](Cc2c[nH]cn2)C(=O)O)c1O. The Kier molecular flexibility index (Phi) is 8.53. The molecule has 0 unspecified atom stereocenters. The van der Waals surface area contributed by atoms with Crippen molar-refractivity contribution in [2.45, 2.75) is 58.9 Å². The van der Waals surface area contributed by atoms with Gasteiger partial charge in [-0.1, -0.05) is 55.7 Å². The summed E-state index contributed by atoms with van der Waals surface area (Å²) < 4.78 is 0. The quantitative estimate of drug-likeness (QED) is 0.240. The molecule has 0 aliphatic heterocycles. The molecule has 5 N–H and O–H groups in total. The summed E-state index contributed by atoms with van der Waals surface area (Å²) in [6.45, 7) is 9.76. The molecule has 3 rings (SSSR count). The molecule has 0 aliphatic carbocycles. The Balaban J connectivity index is 2.13. The fraction of sp³-hybridized carbons (Fsp3) is 0.321. The molecule has 1 heterocycles. The summed E-state index contributed by atoms with van der Waals surface area (Å²) in [5, 5.41) is 34.7. The van der Waals surface area contributed by atoms with Crippen LogP contribution in [0.15, 0.2) is 43.4 Å². The molecule has 8 heteroatoms. The fourth-order valence-corrected chi connectivity index (χ4v) is 4.27. The molecule has 0 bridgehead atoms. The minimum Gasteiger partial charge on any atom is -0.507 e. The molecule has 36 heavy (non-hydrogen) atoms. The molecule has 0 radical (unpaired) electrons. The van der Waals surface area contributed by atoms with E-state index in [1.165, 1.54) is 12.4 Å². The second-order valence-electron chi connectivity index (χ2n) is 9.07. The van der Waals surface area contributed by atoms with E-state index in [1.54, 1.807) is 6.20 Å². The lowest BCUT2D eigenvalue weighted by Gasteiger charge is -2.20.